The summed E-state index contributed by atoms with van der Waals surface area (Å²) in [6.45, 7) is 3.59. The van der Waals surface area contributed by atoms with Gasteiger partial charge in [0.2, 0.25) is 0 Å². The molecule has 4 nitrogen and oxygen atoms in total. The molecule has 88 valence electrons. The molecular weight excluding hydrogens is 214 g/mol. The highest BCUT2D eigenvalue weighted by Gasteiger charge is 2.27. The van der Waals surface area contributed by atoms with E-state index in [0.29, 0.717) is 6.04 Å². The van der Waals surface area contributed by atoms with E-state index in [0.717, 1.165) is 49.7 Å². The summed E-state index contributed by atoms with van der Waals surface area (Å²) in [4.78, 5) is 2.37. The van der Waals surface area contributed by atoms with Crippen molar-refractivity contribution >= 4 is 11.4 Å². The highest BCUT2D eigenvalue weighted by atomic mass is 16.5. The van der Waals surface area contributed by atoms with Crippen molar-refractivity contribution in [2.45, 2.75) is 12.5 Å². The molecule has 1 N–H and O–H groups in total. The van der Waals surface area contributed by atoms with Crippen LogP contribution in [0.25, 0.3) is 0 Å². The number of hydrogen-bond donors (Lipinski definition) is 1. The van der Waals surface area contributed by atoms with E-state index in [-0.39, 0.29) is 0 Å². The lowest BCUT2D eigenvalue weighted by Crippen LogP contribution is -2.42. The summed E-state index contributed by atoms with van der Waals surface area (Å²) >= 11 is 0. The van der Waals surface area contributed by atoms with Gasteiger partial charge in [-0.2, -0.15) is 5.26 Å². The SMILES string of the molecule is N#Cc1ccc2c(c1)N([C@@H]1CCOC1)CCN2. The minimum absolute atomic E-state index is 0.463. The van der Waals surface area contributed by atoms with Crippen LogP contribution in [0.2, 0.25) is 0 Å². The van der Waals surface area contributed by atoms with Crippen molar-refractivity contribution in [3.63, 3.8) is 0 Å². The summed E-state index contributed by atoms with van der Waals surface area (Å²) in [5, 5.41) is 12.4. The van der Waals surface area contributed by atoms with Crippen LogP contribution < -0.4 is 10.2 Å². The second-order valence-electron chi connectivity index (χ2n) is 4.48. The lowest BCUT2D eigenvalue weighted by molar-refractivity contribution is 0.193. The Hall–Kier alpha value is -1.73. The van der Waals surface area contributed by atoms with Gasteiger partial charge in [0.15, 0.2) is 0 Å². The summed E-state index contributed by atoms with van der Waals surface area (Å²) in [6.07, 6.45) is 1.08. The van der Waals surface area contributed by atoms with Crippen molar-refractivity contribution in [1.82, 2.24) is 0 Å². The van der Waals surface area contributed by atoms with E-state index in [9.17, 15) is 0 Å². The summed E-state index contributed by atoms with van der Waals surface area (Å²) in [6, 6.07) is 8.49. The van der Waals surface area contributed by atoms with E-state index >= 15 is 0 Å². The summed E-state index contributed by atoms with van der Waals surface area (Å²) in [5.74, 6) is 0. The molecule has 0 unspecified atom stereocenters. The number of nitriles is 1. The zero-order chi connectivity index (χ0) is 11.7. The minimum atomic E-state index is 0.463. The molecule has 1 saturated heterocycles. The van der Waals surface area contributed by atoms with Gasteiger partial charge in [-0.1, -0.05) is 0 Å². The second-order valence-corrected chi connectivity index (χ2v) is 4.48. The summed E-state index contributed by atoms with van der Waals surface area (Å²) in [5.41, 5.74) is 2.99. The van der Waals surface area contributed by atoms with Crippen LogP contribution in [0.3, 0.4) is 0 Å². The van der Waals surface area contributed by atoms with Crippen molar-refractivity contribution in [1.29, 1.82) is 5.26 Å². The summed E-state index contributed by atoms with van der Waals surface area (Å²) in [7, 11) is 0. The average molecular weight is 229 g/mol. The highest BCUT2D eigenvalue weighted by molar-refractivity contribution is 5.74. The van der Waals surface area contributed by atoms with Crippen molar-refractivity contribution in [2.75, 3.05) is 36.5 Å². The smallest absolute Gasteiger partial charge is 0.0992 e. The normalized spacial score (nSPS) is 22.8. The van der Waals surface area contributed by atoms with Crippen LogP contribution in [0.4, 0.5) is 11.4 Å². The number of nitrogens with one attached hydrogen (secondary N) is 1. The molecule has 0 saturated carbocycles. The average Bonchev–Trinajstić information content (AvgIpc) is 2.91. The fourth-order valence-corrected chi connectivity index (χ4v) is 2.57. The van der Waals surface area contributed by atoms with Crippen LogP contribution in [0.5, 0.6) is 0 Å². The van der Waals surface area contributed by atoms with E-state index in [1.165, 1.54) is 0 Å². The Morgan fingerprint density at radius 2 is 2.41 bits per heavy atom. The molecule has 2 heterocycles. The van der Waals surface area contributed by atoms with E-state index in [1.54, 1.807) is 0 Å². The molecule has 3 rings (SSSR count). The number of ether oxygens (including phenoxy) is 1. The first-order valence-corrected chi connectivity index (χ1v) is 6.01. The maximum absolute atomic E-state index is 8.98. The summed E-state index contributed by atoms with van der Waals surface area (Å²) < 4.78 is 5.45. The molecule has 1 aromatic rings. The van der Waals surface area contributed by atoms with Crippen molar-refractivity contribution < 1.29 is 4.74 Å². The zero-order valence-corrected chi connectivity index (χ0v) is 9.65. The van der Waals surface area contributed by atoms with E-state index < -0.39 is 0 Å². The molecule has 1 atom stereocenters. The number of hydrogen-bond acceptors (Lipinski definition) is 4. The Kier molecular flexibility index (Phi) is 2.62. The minimum Gasteiger partial charge on any atom is -0.382 e. The van der Waals surface area contributed by atoms with Crippen LogP contribution >= 0.6 is 0 Å². The third-order valence-corrected chi connectivity index (χ3v) is 3.45. The molecular formula is C13H15N3O. The number of nitrogens with zero attached hydrogens (tertiary/aromatic N) is 2. The molecule has 0 bridgehead atoms. The van der Waals surface area contributed by atoms with Crippen LogP contribution in [0, 0.1) is 11.3 Å². The Labute approximate surface area is 101 Å². The molecule has 0 radical (unpaired) electrons. The third-order valence-electron chi connectivity index (χ3n) is 3.45. The standard InChI is InChI=1S/C13H15N3O/c14-8-10-1-2-12-13(7-10)16(5-4-15-12)11-3-6-17-9-11/h1-2,7,11,15H,3-6,9H2/t11-/m1/s1. The first-order valence-electron chi connectivity index (χ1n) is 6.01. The van der Waals surface area contributed by atoms with Gasteiger partial charge in [0.1, 0.15) is 0 Å². The van der Waals surface area contributed by atoms with Gasteiger partial charge in [0.05, 0.1) is 35.7 Å². The van der Waals surface area contributed by atoms with Gasteiger partial charge in [-0.15, -0.1) is 0 Å². The quantitative estimate of drug-likeness (QED) is 0.794. The highest BCUT2D eigenvalue weighted by Crippen LogP contribution is 2.32. The molecule has 1 fully saturated rings. The predicted octanol–water partition coefficient (Wildman–Crippen LogP) is 1.58. The van der Waals surface area contributed by atoms with Crippen LogP contribution in [-0.4, -0.2) is 32.3 Å². The van der Waals surface area contributed by atoms with Crippen LogP contribution in [0.15, 0.2) is 18.2 Å². The van der Waals surface area contributed by atoms with Crippen LogP contribution in [-0.2, 0) is 4.74 Å². The van der Waals surface area contributed by atoms with Crippen LogP contribution in [0.1, 0.15) is 12.0 Å². The van der Waals surface area contributed by atoms with E-state index in [2.05, 4.69) is 16.3 Å². The molecule has 0 aliphatic carbocycles. The zero-order valence-electron chi connectivity index (χ0n) is 9.65. The number of benzene rings is 1. The van der Waals surface area contributed by atoms with Gasteiger partial charge in [0, 0.05) is 19.7 Å². The van der Waals surface area contributed by atoms with Gasteiger partial charge >= 0.3 is 0 Å². The fraction of sp³-hybridized carbons (Fsp3) is 0.462. The fourth-order valence-electron chi connectivity index (χ4n) is 2.57. The predicted molar refractivity (Wildman–Crippen MR) is 66.2 cm³/mol. The van der Waals surface area contributed by atoms with Crippen molar-refractivity contribution in [3.05, 3.63) is 23.8 Å². The second kappa shape index (κ2) is 4.27. The largest absolute Gasteiger partial charge is 0.382 e. The van der Waals surface area contributed by atoms with Gasteiger partial charge in [-0.25, -0.2) is 0 Å². The van der Waals surface area contributed by atoms with Gasteiger partial charge in [0.25, 0.3) is 0 Å². The molecule has 1 aromatic carbocycles. The Balaban J connectivity index is 1.97. The van der Waals surface area contributed by atoms with E-state index in [1.807, 2.05) is 18.2 Å². The van der Waals surface area contributed by atoms with E-state index in [4.69, 9.17) is 10.00 Å². The van der Waals surface area contributed by atoms with Gasteiger partial charge in [-0.3, -0.25) is 0 Å². The molecule has 2 aliphatic heterocycles. The third kappa shape index (κ3) is 1.83. The Morgan fingerprint density at radius 3 is 3.18 bits per heavy atom. The first kappa shape index (κ1) is 10.4. The lowest BCUT2D eigenvalue weighted by atomic mass is 10.1. The van der Waals surface area contributed by atoms with Gasteiger partial charge in [-0.05, 0) is 24.6 Å². The topological polar surface area (TPSA) is 48.3 Å². The number of fused-ring (bicyclic) bond motifs is 1. The molecule has 4 heteroatoms. The molecule has 0 aromatic heterocycles. The van der Waals surface area contributed by atoms with Crippen molar-refractivity contribution in [3.8, 4) is 6.07 Å². The number of anilines is 2. The maximum Gasteiger partial charge on any atom is 0.0992 e. The first-order chi connectivity index (χ1) is 8.38. The monoisotopic (exact) mass is 229 g/mol. The molecule has 0 amide bonds. The molecule has 0 spiro atoms. The maximum atomic E-state index is 8.98. The van der Waals surface area contributed by atoms with Gasteiger partial charge < -0.3 is 15.0 Å². The lowest BCUT2D eigenvalue weighted by Gasteiger charge is -2.36. The Morgan fingerprint density at radius 1 is 1.47 bits per heavy atom. The van der Waals surface area contributed by atoms with Crippen molar-refractivity contribution in [2.24, 2.45) is 0 Å². The molecule has 17 heavy (non-hydrogen) atoms. The molecule has 2 aliphatic rings. The Bertz CT molecular complexity index is 460. The number of rotatable bonds is 1.